The molecule has 0 saturated carbocycles. The van der Waals surface area contributed by atoms with E-state index in [9.17, 15) is 14.7 Å². The topological polar surface area (TPSA) is 84.9 Å². The van der Waals surface area contributed by atoms with E-state index in [4.69, 9.17) is 9.47 Å². The van der Waals surface area contributed by atoms with Gasteiger partial charge in [0.2, 0.25) is 6.29 Å². The van der Waals surface area contributed by atoms with Crippen LogP contribution < -0.4 is 5.32 Å². The van der Waals surface area contributed by atoms with Gasteiger partial charge in [0.15, 0.2) is 0 Å². The van der Waals surface area contributed by atoms with Crippen LogP contribution in [-0.4, -0.2) is 34.6 Å². The minimum atomic E-state index is -1.17. The van der Waals surface area contributed by atoms with Crippen LogP contribution in [0.3, 0.4) is 0 Å². The molecule has 1 saturated heterocycles. The minimum Gasteiger partial charge on any atom is -0.444 e. The third-order valence-corrected chi connectivity index (χ3v) is 2.85. The van der Waals surface area contributed by atoms with Gasteiger partial charge >= 0.3 is 12.1 Å². The maximum Gasteiger partial charge on any atom is 0.408 e. The molecule has 0 unspecified atom stereocenters. The van der Waals surface area contributed by atoms with Crippen molar-refractivity contribution in [3.8, 4) is 0 Å². The van der Waals surface area contributed by atoms with Gasteiger partial charge < -0.3 is 19.9 Å². The Labute approximate surface area is 113 Å². The Morgan fingerprint density at radius 2 is 2.21 bits per heavy atom. The minimum absolute atomic E-state index is 0.0606. The molecular weight excluding hydrogens is 250 g/mol. The molecule has 0 radical (unpaired) electrons. The molecule has 0 bridgehead atoms. The Hall–Kier alpha value is -1.30. The monoisotopic (exact) mass is 273 g/mol. The summed E-state index contributed by atoms with van der Waals surface area (Å²) in [6.07, 6.45) is 0.275. The number of carbonyl (C=O) groups is 2. The molecule has 19 heavy (non-hydrogen) atoms. The fourth-order valence-corrected chi connectivity index (χ4v) is 2.01. The van der Waals surface area contributed by atoms with Gasteiger partial charge in [0.05, 0.1) is 0 Å². The second kappa shape index (κ2) is 5.77. The molecule has 2 atom stereocenters. The van der Waals surface area contributed by atoms with Crippen molar-refractivity contribution in [2.45, 2.75) is 70.8 Å². The molecule has 1 rings (SSSR count). The standard InChI is InChI=1S/C13H23NO5/c1-5-6-7-13(8-9(15)18-10(13)16)14-11(17)19-12(2,3)4/h9,15H,5-8H2,1-4H3,(H,14,17)/t9-,13-/m1/s1. The van der Waals surface area contributed by atoms with Crippen LogP contribution in [0.15, 0.2) is 0 Å². The van der Waals surface area contributed by atoms with E-state index in [2.05, 4.69) is 5.32 Å². The van der Waals surface area contributed by atoms with Gasteiger partial charge in [-0.2, -0.15) is 0 Å². The van der Waals surface area contributed by atoms with E-state index in [1.165, 1.54) is 0 Å². The second-order valence-corrected chi connectivity index (χ2v) is 5.88. The van der Waals surface area contributed by atoms with Crippen LogP contribution in [0.1, 0.15) is 53.4 Å². The number of hydrogen-bond acceptors (Lipinski definition) is 5. The lowest BCUT2D eigenvalue weighted by molar-refractivity contribution is -0.156. The van der Waals surface area contributed by atoms with Gasteiger partial charge in [-0.15, -0.1) is 0 Å². The van der Waals surface area contributed by atoms with Crippen molar-refractivity contribution in [2.24, 2.45) is 0 Å². The Kier molecular flexibility index (Phi) is 4.79. The second-order valence-electron chi connectivity index (χ2n) is 5.88. The van der Waals surface area contributed by atoms with E-state index in [1.54, 1.807) is 20.8 Å². The highest BCUT2D eigenvalue weighted by Crippen LogP contribution is 2.30. The molecule has 1 heterocycles. The molecule has 0 aromatic carbocycles. The molecular formula is C13H23NO5. The first kappa shape index (κ1) is 15.8. The Morgan fingerprint density at radius 1 is 1.58 bits per heavy atom. The summed E-state index contributed by atoms with van der Waals surface area (Å²) in [7, 11) is 0. The summed E-state index contributed by atoms with van der Waals surface area (Å²) >= 11 is 0. The molecule has 2 N–H and O–H groups in total. The average Bonchev–Trinajstić information content (AvgIpc) is 2.48. The van der Waals surface area contributed by atoms with Gasteiger partial charge in [-0.3, -0.25) is 0 Å². The zero-order valence-electron chi connectivity index (χ0n) is 12.0. The summed E-state index contributed by atoms with van der Waals surface area (Å²) in [6, 6.07) is 0. The maximum absolute atomic E-state index is 11.9. The zero-order chi connectivity index (χ0) is 14.7. The number of ether oxygens (including phenoxy) is 2. The third-order valence-electron chi connectivity index (χ3n) is 2.85. The third kappa shape index (κ3) is 4.38. The van der Waals surface area contributed by atoms with E-state index in [0.29, 0.717) is 6.42 Å². The number of hydrogen-bond donors (Lipinski definition) is 2. The van der Waals surface area contributed by atoms with E-state index in [-0.39, 0.29) is 6.42 Å². The van der Waals surface area contributed by atoms with Gasteiger partial charge in [-0.1, -0.05) is 19.8 Å². The molecule has 0 aromatic heterocycles. The van der Waals surface area contributed by atoms with E-state index < -0.39 is 29.5 Å². The normalized spacial score (nSPS) is 27.0. The van der Waals surface area contributed by atoms with Crippen molar-refractivity contribution >= 4 is 12.1 Å². The molecule has 6 nitrogen and oxygen atoms in total. The largest absolute Gasteiger partial charge is 0.444 e. The SMILES string of the molecule is CCCC[C@@]1(NC(=O)OC(C)(C)C)C[C@H](O)OC1=O. The van der Waals surface area contributed by atoms with Gasteiger partial charge in [0.1, 0.15) is 11.1 Å². The van der Waals surface area contributed by atoms with Crippen molar-refractivity contribution in [3.05, 3.63) is 0 Å². The first-order valence-corrected chi connectivity index (χ1v) is 6.59. The van der Waals surface area contributed by atoms with Crippen molar-refractivity contribution in [3.63, 3.8) is 0 Å². The predicted molar refractivity (Wildman–Crippen MR) is 68.3 cm³/mol. The molecule has 1 fully saturated rings. The number of alkyl carbamates (subject to hydrolysis) is 1. The van der Waals surface area contributed by atoms with Crippen LogP contribution in [0.4, 0.5) is 4.79 Å². The fraction of sp³-hybridized carbons (Fsp3) is 0.846. The van der Waals surface area contributed by atoms with Crippen molar-refractivity contribution < 1.29 is 24.2 Å². The van der Waals surface area contributed by atoms with Gasteiger partial charge in [-0.05, 0) is 27.2 Å². The number of rotatable bonds is 4. The van der Waals surface area contributed by atoms with Crippen LogP contribution in [0.5, 0.6) is 0 Å². The smallest absolute Gasteiger partial charge is 0.408 e. The average molecular weight is 273 g/mol. The fourth-order valence-electron chi connectivity index (χ4n) is 2.01. The number of amides is 1. The number of cyclic esters (lactones) is 1. The molecule has 0 aliphatic carbocycles. The van der Waals surface area contributed by atoms with Crippen LogP contribution in [0, 0.1) is 0 Å². The summed E-state index contributed by atoms with van der Waals surface area (Å²) in [6.45, 7) is 7.21. The predicted octanol–water partition coefficient (Wildman–Crippen LogP) is 1.71. The molecule has 0 aromatic rings. The molecule has 110 valence electrons. The summed E-state index contributed by atoms with van der Waals surface area (Å²) < 4.78 is 9.90. The van der Waals surface area contributed by atoms with E-state index in [0.717, 1.165) is 12.8 Å². The molecule has 1 amide bonds. The molecule has 6 heteroatoms. The molecule has 1 aliphatic heterocycles. The summed E-state index contributed by atoms with van der Waals surface area (Å²) in [5.74, 6) is -0.598. The lowest BCUT2D eigenvalue weighted by atomic mass is 9.91. The van der Waals surface area contributed by atoms with Crippen molar-refractivity contribution in [1.82, 2.24) is 5.32 Å². The van der Waals surface area contributed by atoms with Crippen molar-refractivity contribution in [2.75, 3.05) is 0 Å². The van der Waals surface area contributed by atoms with Crippen LogP contribution in [0.25, 0.3) is 0 Å². The lowest BCUT2D eigenvalue weighted by Crippen LogP contribution is -2.53. The number of aliphatic hydroxyl groups excluding tert-OH is 1. The highest BCUT2D eigenvalue weighted by Gasteiger charge is 2.50. The number of aliphatic hydroxyl groups is 1. The Balaban J connectivity index is 2.76. The van der Waals surface area contributed by atoms with Crippen molar-refractivity contribution in [1.29, 1.82) is 0 Å². The first-order valence-electron chi connectivity index (χ1n) is 6.59. The van der Waals surface area contributed by atoms with Gasteiger partial charge in [0, 0.05) is 6.42 Å². The summed E-state index contributed by atoms with van der Waals surface area (Å²) in [5.41, 5.74) is -1.81. The van der Waals surface area contributed by atoms with Gasteiger partial charge in [-0.25, -0.2) is 9.59 Å². The first-order chi connectivity index (χ1) is 8.68. The Bertz CT molecular complexity index is 349. The molecule has 1 aliphatic rings. The van der Waals surface area contributed by atoms with Crippen LogP contribution >= 0.6 is 0 Å². The molecule has 0 spiro atoms. The lowest BCUT2D eigenvalue weighted by Gasteiger charge is -2.28. The Morgan fingerprint density at radius 3 is 2.63 bits per heavy atom. The van der Waals surface area contributed by atoms with Crippen LogP contribution in [0.2, 0.25) is 0 Å². The zero-order valence-corrected chi connectivity index (χ0v) is 12.0. The van der Waals surface area contributed by atoms with Crippen LogP contribution in [-0.2, 0) is 14.3 Å². The van der Waals surface area contributed by atoms with Gasteiger partial charge in [0.25, 0.3) is 0 Å². The number of carbonyl (C=O) groups excluding carboxylic acids is 2. The van der Waals surface area contributed by atoms with E-state index in [1.807, 2.05) is 6.92 Å². The number of unbranched alkanes of at least 4 members (excludes halogenated alkanes) is 1. The number of nitrogens with one attached hydrogen (secondary N) is 1. The van der Waals surface area contributed by atoms with E-state index >= 15 is 0 Å². The highest BCUT2D eigenvalue weighted by atomic mass is 16.6. The maximum atomic E-state index is 11.9. The summed E-state index contributed by atoms with van der Waals surface area (Å²) in [4.78, 5) is 23.7. The summed E-state index contributed by atoms with van der Waals surface area (Å²) in [5, 5.41) is 12.0. The quantitative estimate of drug-likeness (QED) is 0.762. The highest BCUT2D eigenvalue weighted by molar-refractivity contribution is 5.87. The number of esters is 1.